The Morgan fingerprint density at radius 1 is 0.907 bits per heavy atom. The van der Waals surface area contributed by atoms with E-state index in [1.54, 1.807) is 0 Å². The van der Waals surface area contributed by atoms with Gasteiger partial charge in [0.05, 0.1) is 54.6 Å². The summed E-state index contributed by atoms with van der Waals surface area (Å²) in [5, 5.41) is 9.48. The van der Waals surface area contributed by atoms with Crippen LogP contribution in [0.4, 0.5) is 54.8 Å². The highest BCUT2D eigenvalue weighted by atomic mass is 19.4. The Labute approximate surface area is 237 Å². The van der Waals surface area contributed by atoms with Crippen LogP contribution in [0.25, 0.3) is 0 Å². The number of rotatable bonds is 6. The molecular formula is C26H23F9N2O6. The molecule has 0 saturated carbocycles. The second-order valence-corrected chi connectivity index (χ2v) is 9.36. The number of halogens is 9. The third-order valence-corrected chi connectivity index (χ3v) is 6.49. The van der Waals surface area contributed by atoms with E-state index < -0.39 is 96.0 Å². The van der Waals surface area contributed by atoms with Crippen LogP contribution in [0.5, 0.6) is 0 Å². The molecule has 2 aromatic carbocycles. The fraction of sp³-hybridized carbons (Fsp3) is 0.423. The number of hydrogen-bond acceptors (Lipinski definition) is 5. The molecule has 1 aliphatic rings. The maximum Gasteiger partial charge on any atom is 0.416 e. The molecule has 0 unspecified atom stereocenters. The summed E-state index contributed by atoms with van der Waals surface area (Å²) in [6, 6.07) is -0.493. The van der Waals surface area contributed by atoms with E-state index in [1.807, 2.05) is 0 Å². The van der Waals surface area contributed by atoms with Crippen LogP contribution in [0, 0.1) is 0 Å². The Bertz CT molecular complexity index is 1340. The van der Waals surface area contributed by atoms with Crippen molar-refractivity contribution in [2.45, 2.75) is 56.9 Å². The van der Waals surface area contributed by atoms with Crippen molar-refractivity contribution in [3.8, 4) is 0 Å². The molecule has 0 aliphatic carbocycles. The number of benzene rings is 2. The van der Waals surface area contributed by atoms with Crippen molar-refractivity contribution in [2.24, 2.45) is 0 Å². The second kappa shape index (κ2) is 12.2. The summed E-state index contributed by atoms with van der Waals surface area (Å²) < 4.78 is 132. The van der Waals surface area contributed by atoms with Crippen LogP contribution in [0.1, 0.15) is 53.6 Å². The predicted octanol–water partition coefficient (Wildman–Crippen LogP) is 7.26. The molecule has 0 radical (unpaired) electrons. The molecule has 1 N–H and O–H groups in total. The normalized spacial score (nSPS) is 17.2. The van der Waals surface area contributed by atoms with E-state index in [4.69, 9.17) is 4.74 Å². The van der Waals surface area contributed by atoms with Crippen LogP contribution in [-0.2, 0) is 39.3 Å². The van der Waals surface area contributed by atoms with Gasteiger partial charge >= 0.3 is 36.7 Å². The van der Waals surface area contributed by atoms with Crippen molar-refractivity contribution in [1.29, 1.82) is 0 Å². The first-order valence-electron chi connectivity index (χ1n) is 12.3. The van der Waals surface area contributed by atoms with Gasteiger partial charge in [0, 0.05) is 6.54 Å². The number of hydrogen-bond donors (Lipinski definition) is 1. The average Bonchev–Trinajstić information content (AvgIpc) is 2.88. The maximum absolute atomic E-state index is 13.7. The van der Waals surface area contributed by atoms with E-state index in [2.05, 4.69) is 4.74 Å². The first-order valence-corrected chi connectivity index (χ1v) is 12.3. The molecule has 0 bridgehead atoms. The molecule has 3 rings (SSSR count). The Morgan fingerprint density at radius 3 is 1.93 bits per heavy atom. The van der Waals surface area contributed by atoms with E-state index >= 15 is 0 Å². The molecule has 0 aromatic heterocycles. The highest BCUT2D eigenvalue weighted by molar-refractivity contribution is 5.91. The lowest BCUT2D eigenvalue weighted by Gasteiger charge is -2.43. The zero-order chi connectivity index (χ0) is 32.5. The minimum atomic E-state index is -5.24. The fourth-order valence-corrected chi connectivity index (χ4v) is 4.74. The molecule has 8 nitrogen and oxygen atoms in total. The molecular weight excluding hydrogens is 607 g/mol. The summed E-state index contributed by atoms with van der Waals surface area (Å²) in [6.07, 6.45) is -19.3. The molecule has 0 saturated heterocycles. The van der Waals surface area contributed by atoms with E-state index in [-0.39, 0.29) is 18.4 Å². The number of methoxy groups -OCH3 is 1. The standard InChI is InChI=1S/C26H23F9N2O6/c1-3-43-23(41)37-17(11-21(38)39)10-20(18-9-14(24(27,28)29)4-5-19(18)37)36(22(40)42-2)12-13-6-15(25(30,31)32)8-16(7-13)26(33,34)35/h4-9,17,20H,3,10-12H2,1-2H3,(H,38,39)/t17-,20-/m0/s1. The third-order valence-electron chi connectivity index (χ3n) is 6.49. The second-order valence-electron chi connectivity index (χ2n) is 9.36. The van der Waals surface area contributed by atoms with Gasteiger partial charge in [-0.05, 0) is 60.9 Å². The fourth-order valence-electron chi connectivity index (χ4n) is 4.74. The SMILES string of the molecule is CCOC(=O)N1c2ccc(C(F)(F)F)cc2[C@@H](N(Cc2cc(C(F)(F)F)cc(C(F)(F)F)c2)C(=O)OC)C[C@H]1CC(=O)O. The summed E-state index contributed by atoms with van der Waals surface area (Å²) in [4.78, 5) is 38.8. The maximum atomic E-state index is 13.7. The summed E-state index contributed by atoms with van der Waals surface area (Å²) in [6.45, 7) is 0.174. The van der Waals surface area contributed by atoms with Crippen LogP contribution >= 0.6 is 0 Å². The number of alkyl halides is 9. The van der Waals surface area contributed by atoms with Gasteiger partial charge < -0.3 is 14.6 Å². The number of nitrogens with zero attached hydrogens (tertiary/aromatic N) is 2. The highest BCUT2D eigenvalue weighted by Gasteiger charge is 2.44. The Balaban J connectivity index is 2.27. The van der Waals surface area contributed by atoms with Crippen molar-refractivity contribution in [3.63, 3.8) is 0 Å². The third kappa shape index (κ3) is 7.62. The monoisotopic (exact) mass is 630 g/mol. The van der Waals surface area contributed by atoms with Gasteiger partial charge in [-0.1, -0.05) is 0 Å². The summed E-state index contributed by atoms with van der Waals surface area (Å²) in [5.41, 5.74) is -6.10. The number of carboxylic acids is 1. The molecule has 1 heterocycles. The number of aliphatic carboxylic acids is 1. The summed E-state index contributed by atoms with van der Waals surface area (Å²) in [7, 11) is 0.818. The lowest BCUT2D eigenvalue weighted by Crippen LogP contribution is -2.49. The smallest absolute Gasteiger partial charge is 0.416 e. The van der Waals surface area contributed by atoms with Crippen LogP contribution in [0.3, 0.4) is 0 Å². The minimum Gasteiger partial charge on any atom is -0.481 e. The van der Waals surface area contributed by atoms with Crippen molar-refractivity contribution in [3.05, 3.63) is 64.2 Å². The first kappa shape index (κ1) is 33.3. The zero-order valence-electron chi connectivity index (χ0n) is 22.2. The Hall–Kier alpha value is -4.18. The van der Waals surface area contributed by atoms with Crippen molar-refractivity contribution in [2.75, 3.05) is 18.6 Å². The molecule has 17 heteroatoms. The lowest BCUT2D eigenvalue weighted by molar-refractivity contribution is -0.143. The quantitative estimate of drug-likeness (QED) is 0.338. The topological polar surface area (TPSA) is 96.4 Å². The van der Waals surface area contributed by atoms with Gasteiger partial charge in [-0.15, -0.1) is 0 Å². The minimum absolute atomic E-state index is 0.141. The number of ether oxygens (including phenoxy) is 2. The van der Waals surface area contributed by atoms with Gasteiger partial charge in [0.2, 0.25) is 0 Å². The van der Waals surface area contributed by atoms with Crippen molar-refractivity contribution >= 4 is 23.8 Å². The van der Waals surface area contributed by atoms with E-state index in [0.29, 0.717) is 29.2 Å². The van der Waals surface area contributed by atoms with Gasteiger partial charge in [0.1, 0.15) is 0 Å². The van der Waals surface area contributed by atoms with E-state index in [9.17, 15) is 59.0 Å². The van der Waals surface area contributed by atoms with Gasteiger partial charge in [-0.2, -0.15) is 39.5 Å². The lowest BCUT2D eigenvalue weighted by atomic mass is 9.87. The van der Waals surface area contributed by atoms with Gasteiger partial charge in [0.25, 0.3) is 0 Å². The Morgan fingerprint density at radius 2 is 1.47 bits per heavy atom. The number of carbonyl (C=O) groups excluding carboxylic acids is 2. The van der Waals surface area contributed by atoms with Crippen LogP contribution in [-0.4, -0.2) is 47.9 Å². The van der Waals surface area contributed by atoms with Gasteiger partial charge in [-0.25, -0.2) is 9.59 Å². The molecule has 236 valence electrons. The molecule has 0 spiro atoms. The summed E-state index contributed by atoms with van der Waals surface area (Å²) >= 11 is 0. The highest BCUT2D eigenvalue weighted by Crippen LogP contribution is 2.45. The molecule has 2 aromatic rings. The largest absolute Gasteiger partial charge is 0.481 e. The molecule has 2 amide bonds. The van der Waals surface area contributed by atoms with Crippen LogP contribution in [0.2, 0.25) is 0 Å². The van der Waals surface area contributed by atoms with Gasteiger partial charge in [-0.3, -0.25) is 14.6 Å². The number of fused-ring (bicyclic) bond motifs is 1. The van der Waals surface area contributed by atoms with Crippen LogP contribution < -0.4 is 4.90 Å². The zero-order valence-corrected chi connectivity index (χ0v) is 22.2. The van der Waals surface area contributed by atoms with Crippen molar-refractivity contribution < 1.29 is 68.5 Å². The predicted molar refractivity (Wildman–Crippen MR) is 129 cm³/mol. The number of carboxylic acid groups (broad SMARTS) is 1. The number of anilines is 1. The van der Waals surface area contributed by atoms with E-state index in [1.165, 1.54) is 6.92 Å². The molecule has 0 fully saturated rings. The molecule has 2 atom stereocenters. The molecule has 1 aliphatic heterocycles. The van der Waals surface area contributed by atoms with Gasteiger partial charge in [0.15, 0.2) is 0 Å². The average molecular weight is 630 g/mol. The number of amides is 2. The molecule has 43 heavy (non-hydrogen) atoms. The summed E-state index contributed by atoms with van der Waals surface area (Å²) in [5.74, 6) is -1.47. The Kier molecular flexibility index (Phi) is 9.46. The van der Waals surface area contributed by atoms with Crippen LogP contribution in [0.15, 0.2) is 36.4 Å². The number of carbonyl (C=O) groups is 3. The van der Waals surface area contributed by atoms with E-state index in [0.717, 1.165) is 18.1 Å². The van der Waals surface area contributed by atoms with Crippen molar-refractivity contribution in [1.82, 2.24) is 4.90 Å². The first-order chi connectivity index (χ1) is 19.8.